The third kappa shape index (κ3) is 7.48. The van der Waals surface area contributed by atoms with Crippen LogP contribution in [-0.2, 0) is 22.6 Å². The molecule has 2 aromatic heterocycles. The summed E-state index contributed by atoms with van der Waals surface area (Å²) in [6.45, 7) is 1.25. The van der Waals surface area contributed by atoms with E-state index in [1.54, 1.807) is 7.11 Å². The predicted octanol–water partition coefficient (Wildman–Crippen LogP) is 7.92. The first kappa shape index (κ1) is 34.0. The fourth-order valence-corrected chi connectivity index (χ4v) is 7.59. The van der Waals surface area contributed by atoms with E-state index in [0.29, 0.717) is 53.6 Å². The quantitative estimate of drug-likeness (QED) is 0.122. The molecule has 5 aromatic rings. The van der Waals surface area contributed by atoms with Crippen molar-refractivity contribution >= 4 is 45.9 Å². The number of aromatic nitrogens is 2. The zero-order chi connectivity index (χ0) is 34.6. The molecule has 2 saturated heterocycles. The summed E-state index contributed by atoms with van der Waals surface area (Å²) in [7, 11) is 1.61. The van der Waals surface area contributed by atoms with E-state index < -0.39 is 0 Å². The second-order valence-corrected chi connectivity index (χ2v) is 13.8. The number of ether oxygens (including phenoxy) is 1. The SMILES string of the molecule is COc1nc(-c2cccc(-c3cccc(-c4ccc5cc(CCC[C@@H]6CCC(=O)N6)ccc5n4)c3Cl)c2Cl)ccc1CNC[C@@H]1CCC(=O)N1. The van der Waals surface area contributed by atoms with E-state index in [0.717, 1.165) is 76.5 Å². The van der Waals surface area contributed by atoms with Gasteiger partial charge in [0.2, 0.25) is 17.7 Å². The van der Waals surface area contributed by atoms with Gasteiger partial charge in [0.15, 0.2) is 0 Å². The van der Waals surface area contributed by atoms with Crippen LogP contribution in [0.2, 0.25) is 10.0 Å². The van der Waals surface area contributed by atoms with Gasteiger partial charge in [0, 0.05) is 71.2 Å². The van der Waals surface area contributed by atoms with E-state index in [4.69, 9.17) is 37.9 Å². The van der Waals surface area contributed by atoms with Gasteiger partial charge in [-0.1, -0.05) is 77.8 Å². The second-order valence-electron chi connectivity index (χ2n) is 13.1. The summed E-state index contributed by atoms with van der Waals surface area (Å²) in [6, 6.07) is 26.7. The van der Waals surface area contributed by atoms with Crippen LogP contribution >= 0.6 is 23.2 Å². The fourth-order valence-electron chi connectivity index (χ4n) is 6.94. The molecule has 2 aliphatic heterocycles. The Morgan fingerprint density at radius 3 is 2.08 bits per heavy atom. The Kier molecular flexibility index (Phi) is 10.3. The molecule has 256 valence electrons. The molecule has 4 heterocycles. The van der Waals surface area contributed by atoms with Crippen LogP contribution in [0.4, 0.5) is 0 Å². The van der Waals surface area contributed by atoms with Gasteiger partial charge >= 0.3 is 0 Å². The Hall–Kier alpha value is -4.50. The first-order valence-electron chi connectivity index (χ1n) is 17.2. The molecular weight excluding hydrogens is 669 g/mol. The van der Waals surface area contributed by atoms with E-state index in [1.807, 2.05) is 54.6 Å². The van der Waals surface area contributed by atoms with Crippen LogP contribution in [-0.4, -0.2) is 47.5 Å². The summed E-state index contributed by atoms with van der Waals surface area (Å²) in [5, 5.41) is 11.6. The number of hydrogen-bond acceptors (Lipinski definition) is 6. The smallest absolute Gasteiger partial charge is 0.220 e. The number of hydrogen-bond donors (Lipinski definition) is 3. The van der Waals surface area contributed by atoms with Crippen LogP contribution in [0, 0.1) is 0 Å². The zero-order valence-corrected chi connectivity index (χ0v) is 29.4. The lowest BCUT2D eigenvalue weighted by molar-refractivity contribution is -0.120. The van der Waals surface area contributed by atoms with E-state index >= 15 is 0 Å². The monoisotopic (exact) mass is 707 g/mol. The van der Waals surface area contributed by atoms with Gasteiger partial charge in [-0.25, -0.2) is 9.97 Å². The summed E-state index contributed by atoms with van der Waals surface area (Å²) in [6.07, 6.45) is 6.00. The average Bonchev–Trinajstić information content (AvgIpc) is 3.75. The number of pyridine rings is 2. The third-order valence-electron chi connectivity index (χ3n) is 9.62. The highest BCUT2D eigenvalue weighted by molar-refractivity contribution is 6.39. The van der Waals surface area contributed by atoms with Gasteiger partial charge in [-0.2, -0.15) is 0 Å². The Morgan fingerprint density at radius 2 is 1.42 bits per heavy atom. The number of rotatable bonds is 12. The zero-order valence-electron chi connectivity index (χ0n) is 27.9. The molecule has 0 aliphatic carbocycles. The van der Waals surface area contributed by atoms with Crippen LogP contribution < -0.4 is 20.7 Å². The van der Waals surface area contributed by atoms with Crippen molar-refractivity contribution in [1.82, 2.24) is 25.9 Å². The number of methoxy groups -OCH3 is 1. The van der Waals surface area contributed by atoms with Crippen molar-refractivity contribution in [2.75, 3.05) is 13.7 Å². The summed E-state index contributed by atoms with van der Waals surface area (Å²) >= 11 is 14.2. The summed E-state index contributed by atoms with van der Waals surface area (Å²) < 4.78 is 5.66. The van der Waals surface area contributed by atoms with Gasteiger partial charge in [-0.3, -0.25) is 9.59 Å². The molecule has 2 amide bonds. The predicted molar refractivity (Wildman–Crippen MR) is 199 cm³/mol. The van der Waals surface area contributed by atoms with Crippen LogP contribution in [0.1, 0.15) is 49.7 Å². The van der Waals surface area contributed by atoms with E-state index in [9.17, 15) is 9.59 Å². The van der Waals surface area contributed by atoms with Crippen LogP contribution in [0.25, 0.3) is 44.5 Å². The number of carbonyl (C=O) groups is 2. The number of aryl methyl sites for hydroxylation is 1. The van der Waals surface area contributed by atoms with E-state index in [-0.39, 0.29) is 17.9 Å². The van der Waals surface area contributed by atoms with Crippen LogP contribution in [0.3, 0.4) is 0 Å². The highest BCUT2D eigenvalue weighted by Crippen LogP contribution is 2.42. The van der Waals surface area contributed by atoms with Gasteiger partial charge in [0.05, 0.1) is 34.1 Å². The molecule has 2 atom stereocenters. The minimum Gasteiger partial charge on any atom is -0.481 e. The molecule has 0 unspecified atom stereocenters. The van der Waals surface area contributed by atoms with Crippen molar-refractivity contribution in [2.45, 2.75) is 63.6 Å². The average molecular weight is 709 g/mol. The standard InChI is InChI=1S/C40H39Cl2N5O3/c1-50-40-26(22-43-23-28-15-20-37(49)45-28)13-18-35(47-40)32-10-4-8-30(39(32)42)29-7-3-9-31(38(29)41)34-17-12-25-21-24(11-16-33(25)46-34)5-2-6-27-14-19-36(48)44-27/h3-4,7-13,16-18,21,27-28,43H,2,5-6,14-15,19-20,22-23H2,1H3,(H,44,48)(H,45,49)/t27-,28+/m1/s1. The molecule has 3 aromatic carbocycles. The molecule has 7 rings (SSSR count). The van der Waals surface area contributed by atoms with Crippen molar-refractivity contribution in [1.29, 1.82) is 0 Å². The molecule has 8 nitrogen and oxygen atoms in total. The Balaban J connectivity index is 1.08. The second kappa shape index (κ2) is 15.2. The first-order chi connectivity index (χ1) is 24.4. The van der Waals surface area contributed by atoms with E-state index in [1.165, 1.54) is 5.56 Å². The minimum atomic E-state index is 0.104. The number of carbonyl (C=O) groups excluding carboxylic acids is 2. The normalized spacial score (nSPS) is 17.3. The maximum absolute atomic E-state index is 11.5. The molecule has 50 heavy (non-hydrogen) atoms. The number of fused-ring (bicyclic) bond motifs is 1. The lowest BCUT2D eigenvalue weighted by Crippen LogP contribution is -2.35. The van der Waals surface area contributed by atoms with Crippen molar-refractivity contribution in [3.8, 4) is 39.5 Å². The maximum Gasteiger partial charge on any atom is 0.220 e. The lowest BCUT2D eigenvalue weighted by atomic mass is 9.97. The summed E-state index contributed by atoms with van der Waals surface area (Å²) in [5.74, 6) is 0.788. The first-order valence-corrected chi connectivity index (χ1v) is 17.9. The van der Waals surface area contributed by atoms with Crippen molar-refractivity contribution in [2.24, 2.45) is 0 Å². The maximum atomic E-state index is 11.5. The van der Waals surface area contributed by atoms with Gasteiger partial charge in [-0.05, 0) is 61.9 Å². The molecule has 2 fully saturated rings. The number of nitrogens with one attached hydrogen (secondary N) is 3. The highest BCUT2D eigenvalue weighted by Gasteiger charge is 2.22. The van der Waals surface area contributed by atoms with Crippen molar-refractivity contribution < 1.29 is 14.3 Å². The summed E-state index contributed by atoms with van der Waals surface area (Å²) in [5.41, 5.74) is 7.75. The Morgan fingerprint density at radius 1 is 0.780 bits per heavy atom. The molecule has 3 N–H and O–H groups in total. The number of nitrogens with zero attached hydrogens (tertiary/aromatic N) is 2. The lowest BCUT2D eigenvalue weighted by Gasteiger charge is -2.15. The third-order valence-corrected chi connectivity index (χ3v) is 10.4. The van der Waals surface area contributed by atoms with Crippen LogP contribution in [0.15, 0.2) is 78.9 Å². The van der Waals surface area contributed by atoms with Crippen molar-refractivity contribution in [3.63, 3.8) is 0 Å². The number of halogens is 2. The van der Waals surface area contributed by atoms with Gasteiger partial charge < -0.3 is 20.7 Å². The Bertz CT molecular complexity index is 2070. The number of amides is 2. The van der Waals surface area contributed by atoms with Gasteiger partial charge in [0.25, 0.3) is 0 Å². The highest BCUT2D eigenvalue weighted by atomic mass is 35.5. The largest absolute Gasteiger partial charge is 0.481 e. The molecular formula is C40H39Cl2N5O3. The van der Waals surface area contributed by atoms with Crippen LogP contribution in [0.5, 0.6) is 5.88 Å². The minimum absolute atomic E-state index is 0.104. The van der Waals surface area contributed by atoms with Gasteiger partial charge in [-0.15, -0.1) is 0 Å². The van der Waals surface area contributed by atoms with E-state index in [2.05, 4.69) is 40.2 Å². The summed E-state index contributed by atoms with van der Waals surface area (Å²) in [4.78, 5) is 32.8. The molecule has 0 spiro atoms. The number of benzene rings is 3. The fraction of sp³-hybridized carbons (Fsp3) is 0.300. The molecule has 10 heteroatoms. The topological polar surface area (TPSA) is 105 Å². The van der Waals surface area contributed by atoms with Gasteiger partial charge in [0.1, 0.15) is 0 Å². The molecule has 2 aliphatic rings. The molecule has 0 saturated carbocycles. The molecule has 0 bridgehead atoms. The van der Waals surface area contributed by atoms with Crippen molar-refractivity contribution in [3.05, 3.63) is 100 Å². The Labute approximate surface area is 302 Å². The molecule has 0 radical (unpaired) electrons.